The number of pyridine rings is 1. The zero-order valence-corrected chi connectivity index (χ0v) is 20.2. The summed E-state index contributed by atoms with van der Waals surface area (Å²) in [6.45, 7) is 0.774. The average molecular weight is 535 g/mol. The molecule has 0 spiro atoms. The van der Waals surface area contributed by atoms with Gasteiger partial charge in [0.05, 0.1) is 17.9 Å². The first-order chi connectivity index (χ1) is 18.6. The van der Waals surface area contributed by atoms with Gasteiger partial charge >= 0.3 is 6.18 Å². The van der Waals surface area contributed by atoms with Crippen molar-refractivity contribution < 1.29 is 27.5 Å². The first-order valence-corrected chi connectivity index (χ1v) is 12.0. The van der Waals surface area contributed by atoms with Crippen LogP contribution in [0.1, 0.15) is 37.7 Å². The number of nitrogens with two attached hydrogens (primary N) is 1. The van der Waals surface area contributed by atoms with E-state index in [1.54, 1.807) is 24.3 Å². The molecule has 2 N–H and O–H groups in total. The second-order valence-electron chi connectivity index (χ2n) is 9.19. The van der Waals surface area contributed by atoms with Crippen molar-refractivity contribution in [3.63, 3.8) is 0 Å². The van der Waals surface area contributed by atoms with Gasteiger partial charge in [-0.1, -0.05) is 0 Å². The number of hydrogen-bond donors (Lipinski definition) is 1. The Morgan fingerprint density at radius 3 is 2.38 bits per heavy atom. The summed E-state index contributed by atoms with van der Waals surface area (Å²) >= 11 is 0. The van der Waals surface area contributed by atoms with Crippen LogP contribution in [0.15, 0.2) is 65.6 Å². The van der Waals surface area contributed by atoms with Gasteiger partial charge in [0.2, 0.25) is 0 Å². The van der Waals surface area contributed by atoms with E-state index in [1.807, 2.05) is 6.07 Å². The smallest absolute Gasteiger partial charge is 0.417 e. The fraction of sp³-hybridized carbons (Fsp3) is 0.185. The zero-order valence-electron chi connectivity index (χ0n) is 20.2. The Hall–Kier alpha value is -4.87. The minimum atomic E-state index is -4.61. The van der Waals surface area contributed by atoms with E-state index >= 15 is 0 Å². The van der Waals surface area contributed by atoms with Crippen molar-refractivity contribution in [3.05, 3.63) is 99.2 Å². The van der Waals surface area contributed by atoms with E-state index in [0.29, 0.717) is 36.4 Å². The number of hydrogen-bond acceptors (Lipinski definition) is 5. The molecule has 0 fully saturated rings. The Morgan fingerprint density at radius 1 is 0.949 bits per heavy atom. The second-order valence-corrected chi connectivity index (χ2v) is 9.19. The van der Waals surface area contributed by atoms with Crippen LogP contribution >= 0.6 is 0 Å². The maximum atomic E-state index is 13.8. The molecule has 12 heteroatoms. The zero-order chi connectivity index (χ0) is 27.5. The predicted octanol–water partition coefficient (Wildman–Crippen LogP) is 3.28. The molecule has 2 aromatic heterocycles. The van der Waals surface area contributed by atoms with Crippen LogP contribution in [0, 0.1) is 0 Å². The van der Waals surface area contributed by atoms with Gasteiger partial charge in [-0.15, -0.1) is 0 Å². The molecule has 0 atom stereocenters. The lowest BCUT2D eigenvalue weighted by atomic mass is 10.0. The number of amides is 2. The maximum Gasteiger partial charge on any atom is 0.417 e. The molecule has 0 saturated carbocycles. The van der Waals surface area contributed by atoms with Gasteiger partial charge in [-0.05, 0) is 60.5 Å². The Labute approximate surface area is 218 Å². The quantitative estimate of drug-likeness (QED) is 0.431. The molecule has 2 aliphatic heterocycles. The fourth-order valence-corrected chi connectivity index (χ4v) is 4.95. The van der Waals surface area contributed by atoms with E-state index < -0.39 is 29.1 Å². The molecule has 2 amide bonds. The molecular formula is C27H20F3N5O4. The minimum absolute atomic E-state index is 0.0222. The van der Waals surface area contributed by atoms with Gasteiger partial charge in [-0.25, -0.2) is 4.68 Å². The van der Waals surface area contributed by atoms with Crippen LogP contribution in [-0.2, 0) is 19.0 Å². The van der Waals surface area contributed by atoms with Crippen LogP contribution in [0.25, 0.3) is 11.4 Å². The van der Waals surface area contributed by atoms with E-state index in [-0.39, 0.29) is 23.6 Å². The monoisotopic (exact) mass is 535 g/mol. The summed E-state index contributed by atoms with van der Waals surface area (Å²) < 4.78 is 47.3. The van der Waals surface area contributed by atoms with E-state index in [2.05, 4.69) is 5.10 Å². The highest BCUT2D eigenvalue weighted by Crippen LogP contribution is 2.32. The van der Waals surface area contributed by atoms with Crippen LogP contribution in [-0.4, -0.2) is 39.3 Å². The van der Waals surface area contributed by atoms with Gasteiger partial charge in [0.25, 0.3) is 17.4 Å². The number of carbonyl (C=O) groups is 2. The van der Waals surface area contributed by atoms with Crippen LogP contribution in [0.3, 0.4) is 0 Å². The van der Waals surface area contributed by atoms with Crippen molar-refractivity contribution in [1.82, 2.24) is 14.3 Å². The number of fused-ring (bicyclic) bond motifs is 2. The number of benzene rings is 2. The van der Waals surface area contributed by atoms with Crippen LogP contribution < -0.4 is 20.9 Å². The van der Waals surface area contributed by atoms with E-state index in [9.17, 15) is 27.6 Å². The molecule has 4 heterocycles. The number of primary amides is 1. The first kappa shape index (κ1) is 24.5. The average Bonchev–Trinajstić information content (AvgIpc) is 3.53. The molecule has 39 heavy (non-hydrogen) atoms. The number of rotatable bonds is 4. The summed E-state index contributed by atoms with van der Waals surface area (Å²) in [5, 5.41) is 4.38. The SMILES string of the molecule is NC(=O)c1nn(-c2ccc3c(c2)CCO3)c2c1CCN(c1ccc(-n3cc(C(F)(F)F)ccc3=O)cc1)C2=O. The minimum Gasteiger partial charge on any atom is -0.493 e. The summed E-state index contributed by atoms with van der Waals surface area (Å²) in [5.74, 6) is -0.411. The molecule has 0 radical (unpaired) electrons. The van der Waals surface area contributed by atoms with Gasteiger partial charge in [-0.3, -0.25) is 19.0 Å². The number of nitrogens with zero attached hydrogens (tertiary/aromatic N) is 4. The van der Waals surface area contributed by atoms with Crippen molar-refractivity contribution in [1.29, 1.82) is 0 Å². The summed E-state index contributed by atoms with van der Waals surface area (Å²) in [7, 11) is 0. The summed E-state index contributed by atoms with van der Waals surface area (Å²) in [4.78, 5) is 39.6. The lowest BCUT2D eigenvalue weighted by molar-refractivity contribution is -0.138. The molecule has 198 valence electrons. The van der Waals surface area contributed by atoms with Crippen molar-refractivity contribution in [3.8, 4) is 17.1 Å². The molecule has 2 aromatic carbocycles. The summed E-state index contributed by atoms with van der Waals surface area (Å²) in [5.41, 5.74) is 6.87. The lowest BCUT2D eigenvalue weighted by Crippen LogP contribution is -2.39. The molecule has 0 unspecified atom stereocenters. The van der Waals surface area contributed by atoms with Gasteiger partial charge in [0.1, 0.15) is 11.4 Å². The fourth-order valence-electron chi connectivity index (χ4n) is 4.95. The van der Waals surface area contributed by atoms with E-state index in [1.165, 1.54) is 21.7 Å². The highest BCUT2D eigenvalue weighted by molar-refractivity contribution is 6.09. The molecule has 2 aliphatic rings. The van der Waals surface area contributed by atoms with Gasteiger partial charge < -0.3 is 15.4 Å². The molecule has 9 nitrogen and oxygen atoms in total. The Bertz CT molecular complexity index is 1710. The third-order valence-electron chi connectivity index (χ3n) is 6.85. The third-order valence-corrected chi connectivity index (χ3v) is 6.85. The first-order valence-electron chi connectivity index (χ1n) is 12.0. The van der Waals surface area contributed by atoms with E-state index in [4.69, 9.17) is 10.5 Å². The molecule has 6 rings (SSSR count). The Morgan fingerprint density at radius 2 is 1.67 bits per heavy atom. The highest BCUT2D eigenvalue weighted by Gasteiger charge is 2.35. The number of ether oxygens (including phenoxy) is 1. The number of halogens is 3. The van der Waals surface area contributed by atoms with Crippen molar-refractivity contribution >= 4 is 17.5 Å². The normalized spacial score (nSPS) is 14.6. The third kappa shape index (κ3) is 4.13. The second kappa shape index (κ2) is 8.86. The van der Waals surface area contributed by atoms with Crippen LogP contribution in [0.4, 0.5) is 18.9 Å². The number of carbonyl (C=O) groups excluding carboxylic acids is 2. The summed E-state index contributed by atoms with van der Waals surface area (Å²) in [6.07, 6.45) is -2.86. The number of alkyl halides is 3. The predicted molar refractivity (Wildman–Crippen MR) is 134 cm³/mol. The largest absolute Gasteiger partial charge is 0.493 e. The van der Waals surface area contributed by atoms with Gasteiger partial charge in [-0.2, -0.15) is 18.3 Å². The van der Waals surface area contributed by atoms with Gasteiger partial charge in [0.15, 0.2) is 5.69 Å². The molecule has 0 bridgehead atoms. The standard InChI is InChI=1S/C27H20F3N5O4/c28-27(29,30)16-1-8-22(36)34(14-16)18-4-2-17(3-5-18)33-11-9-20-23(25(31)37)32-35(24(20)26(33)38)19-6-7-21-15(13-19)10-12-39-21/h1-8,13-14H,9-12H2,(H2,31,37). The summed E-state index contributed by atoms with van der Waals surface area (Å²) in [6, 6.07) is 13.0. The highest BCUT2D eigenvalue weighted by atomic mass is 19.4. The van der Waals surface area contributed by atoms with Crippen molar-refractivity contribution in [2.75, 3.05) is 18.1 Å². The topological polar surface area (TPSA) is 112 Å². The molecular weight excluding hydrogens is 515 g/mol. The molecule has 0 aliphatic carbocycles. The van der Waals surface area contributed by atoms with Gasteiger partial charge in [0, 0.05) is 42.2 Å². The van der Waals surface area contributed by atoms with E-state index in [0.717, 1.165) is 34.2 Å². The molecule has 4 aromatic rings. The number of aromatic nitrogens is 3. The molecule has 0 saturated heterocycles. The van der Waals surface area contributed by atoms with Crippen molar-refractivity contribution in [2.45, 2.75) is 19.0 Å². The Balaban J connectivity index is 1.37. The lowest BCUT2D eigenvalue weighted by Gasteiger charge is -2.28. The maximum absolute atomic E-state index is 13.8. The van der Waals surface area contributed by atoms with Crippen LogP contribution in [0.2, 0.25) is 0 Å². The Kier molecular flexibility index (Phi) is 5.56. The van der Waals surface area contributed by atoms with Crippen LogP contribution in [0.5, 0.6) is 5.75 Å². The van der Waals surface area contributed by atoms with Crippen molar-refractivity contribution in [2.24, 2.45) is 5.73 Å². The number of anilines is 1.